The van der Waals surface area contributed by atoms with E-state index >= 15 is 0 Å². The first-order valence-electron chi connectivity index (χ1n) is 7.53. The Hall–Kier alpha value is -1.61. The van der Waals surface area contributed by atoms with E-state index in [1.54, 1.807) is 0 Å². The summed E-state index contributed by atoms with van der Waals surface area (Å²) in [4.78, 5) is 8.31. The highest BCUT2D eigenvalue weighted by atomic mass is 15.0. The van der Waals surface area contributed by atoms with E-state index < -0.39 is 0 Å². The van der Waals surface area contributed by atoms with Crippen LogP contribution in [0.2, 0.25) is 0 Å². The van der Waals surface area contributed by atoms with Gasteiger partial charge in [0.15, 0.2) is 0 Å². The normalized spacial score (nSPS) is 17.1. The molecule has 1 heterocycles. The van der Waals surface area contributed by atoms with Crippen molar-refractivity contribution < 1.29 is 0 Å². The maximum atomic E-state index is 4.81. The van der Waals surface area contributed by atoms with Crippen LogP contribution in [-0.2, 0) is 13.0 Å². The number of benzene rings is 1. The summed E-state index contributed by atoms with van der Waals surface area (Å²) < 4.78 is 0. The molecule has 0 radical (unpaired) electrons. The van der Waals surface area contributed by atoms with E-state index in [-0.39, 0.29) is 0 Å². The summed E-state index contributed by atoms with van der Waals surface area (Å²) in [5.41, 5.74) is 5.17. The molecule has 1 aromatic carbocycles. The smallest absolute Gasteiger partial charge is 0.121 e. The van der Waals surface area contributed by atoms with Crippen molar-refractivity contribution in [2.75, 3.05) is 6.54 Å². The van der Waals surface area contributed by atoms with Gasteiger partial charge in [-0.1, -0.05) is 45.0 Å². The van der Waals surface area contributed by atoms with E-state index in [0.29, 0.717) is 11.8 Å². The lowest BCUT2D eigenvalue weighted by molar-refractivity contribution is 0.544. The first-order chi connectivity index (χ1) is 9.65. The Morgan fingerprint density at radius 2 is 2.15 bits per heavy atom. The van der Waals surface area contributed by atoms with Gasteiger partial charge in [-0.05, 0) is 30.4 Å². The number of H-pyrrole nitrogens is 1. The molecule has 1 aliphatic rings. The van der Waals surface area contributed by atoms with Crippen molar-refractivity contribution >= 4 is 0 Å². The Bertz CT molecular complexity index is 598. The summed E-state index contributed by atoms with van der Waals surface area (Å²) >= 11 is 0. The predicted octanol–water partition coefficient (Wildman–Crippen LogP) is 3.48. The lowest BCUT2D eigenvalue weighted by Gasteiger charge is -2.21. The third-order valence-electron chi connectivity index (χ3n) is 3.93. The molecule has 0 fully saturated rings. The zero-order chi connectivity index (χ0) is 14.1. The topological polar surface area (TPSA) is 40.7 Å². The number of imidazole rings is 1. The lowest BCUT2D eigenvalue weighted by atomic mass is 9.85. The van der Waals surface area contributed by atoms with E-state index in [1.807, 2.05) is 0 Å². The molecule has 0 amide bonds. The van der Waals surface area contributed by atoms with Crippen molar-refractivity contribution in [3.63, 3.8) is 0 Å². The summed E-state index contributed by atoms with van der Waals surface area (Å²) in [6.45, 7) is 8.58. The first-order valence-corrected chi connectivity index (χ1v) is 7.53. The van der Waals surface area contributed by atoms with Gasteiger partial charge >= 0.3 is 0 Å². The van der Waals surface area contributed by atoms with E-state index in [0.717, 1.165) is 31.0 Å². The highest BCUT2D eigenvalue weighted by Gasteiger charge is 2.24. The van der Waals surface area contributed by atoms with Gasteiger partial charge in [0.2, 0.25) is 0 Å². The molecule has 0 aliphatic heterocycles. The third-order valence-corrected chi connectivity index (χ3v) is 3.93. The lowest BCUT2D eigenvalue weighted by Crippen LogP contribution is -2.19. The largest absolute Gasteiger partial charge is 0.344 e. The van der Waals surface area contributed by atoms with Crippen LogP contribution in [0.15, 0.2) is 24.3 Å². The van der Waals surface area contributed by atoms with E-state index in [9.17, 15) is 0 Å². The van der Waals surface area contributed by atoms with Gasteiger partial charge in [-0.2, -0.15) is 0 Å². The fraction of sp³-hybridized carbons (Fsp3) is 0.471. The Morgan fingerprint density at radius 3 is 2.95 bits per heavy atom. The maximum Gasteiger partial charge on any atom is 0.121 e. The van der Waals surface area contributed by atoms with Gasteiger partial charge in [-0.3, -0.25) is 0 Å². The number of hydrogen-bond donors (Lipinski definition) is 2. The second kappa shape index (κ2) is 5.41. The van der Waals surface area contributed by atoms with Gasteiger partial charge in [0.1, 0.15) is 5.82 Å². The number of aromatic amines is 1. The van der Waals surface area contributed by atoms with Crippen molar-refractivity contribution in [1.82, 2.24) is 15.3 Å². The van der Waals surface area contributed by atoms with Gasteiger partial charge in [0.05, 0.1) is 12.2 Å². The van der Waals surface area contributed by atoms with Crippen LogP contribution in [0, 0.1) is 5.92 Å². The number of nitrogens with zero attached hydrogens (tertiary/aromatic N) is 1. The zero-order valence-corrected chi connectivity index (χ0v) is 12.5. The summed E-state index contributed by atoms with van der Waals surface area (Å²) in [6, 6.07) is 8.65. The number of fused-ring (bicyclic) bond motifs is 3. The molecule has 2 aromatic rings. The Labute approximate surface area is 120 Å². The minimum Gasteiger partial charge on any atom is -0.344 e. The van der Waals surface area contributed by atoms with E-state index in [2.05, 4.69) is 55.3 Å². The van der Waals surface area contributed by atoms with Gasteiger partial charge in [-0.15, -0.1) is 0 Å². The maximum absolute atomic E-state index is 4.81. The summed E-state index contributed by atoms with van der Waals surface area (Å²) in [6.07, 6.45) is 1.06. The van der Waals surface area contributed by atoms with Crippen LogP contribution >= 0.6 is 0 Å². The molecule has 0 bridgehead atoms. The molecule has 3 rings (SSSR count). The average molecular weight is 269 g/mol. The fourth-order valence-corrected chi connectivity index (χ4v) is 2.96. The molecule has 3 nitrogen and oxygen atoms in total. The van der Waals surface area contributed by atoms with Crippen molar-refractivity contribution in [3.8, 4) is 11.3 Å². The highest BCUT2D eigenvalue weighted by molar-refractivity contribution is 5.69. The van der Waals surface area contributed by atoms with Crippen molar-refractivity contribution in [2.45, 2.75) is 39.7 Å². The van der Waals surface area contributed by atoms with Crippen molar-refractivity contribution in [3.05, 3.63) is 41.3 Å². The van der Waals surface area contributed by atoms with Crippen LogP contribution in [0.4, 0.5) is 0 Å². The SMILES string of the molecule is CC(C)CNCc1nc2c([nH]1)CC(C)c1ccccc1-2. The third kappa shape index (κ3) is 2.50. The van der Waals surface area contributed by atoms with Gasteiger partial charge in [-0.25, -0.2) is 4.98 Å². The fourth-order valence-electron chi connectivity index (χ4n) is 2.96. The van der Waals surface area contributed by atoms with Crippen LogP contribution in [0.5, 0.6) is 0 Å². The van der Waals surface area contributed by atoms with E-state index in [1.165, 1.54) is 16.8 Å². The van der Waals surface area contributed by atoms with Crippen LogP contribution in [0.25, 0.3) is 11.3 Å². The Balaban J connectivity index is 1.85. The van der Waals surface area contributed by atoms with Gasteiger partial charge in [0, 0.05) is 11.3 Å². The van der Waals surface area contributed by atoms with Crippen LogP contribution in [0.3, 0.4) is 0 Å². The minimum absolute atomic E-state index is 0.565. The number of hydrogen-bond acceptors (Lipinski definition) is 2. The Kier molecular flexibility index (Phi) is 3.62. The number of nitrogens with one attached hydrogen (secondary N) is 2. The van der Waals surface area contributed by atoms with Crippen LogP contribution < -0.4 is 5.32 Å². The molecule has 0 saturated carbocycles. The second-order valence-electron chi connectivity index (χ2n) is 6.23. The predicted molar refractivity (Wildman–Crippen MR) is 82.7 cm³/mol. The molecule has 20 heavy (non-hydrogen) atoms. The molecular weight excluding hydrogens is 246 g/mol. The monoisotopic (exact) mass is 269 g/mol. The Morgan fingerprint density at radius 1 is 1.35 bits per heavy atom. The van der Waals surface area contributed by atoms with Crippen LogP contribution in [-0.4, -0.2) is 16.5 Å². The molecular formula is C17H23N3. The van der Waals surface area contributed by atoms with Gasteiger partial charge in [0.25, 0.3) is 0 Å². The summed E-state index contributed by atoms with van der Waals surface area (Å²) in [7, 11) is 0. The molecule has 2 N–H and O–H groups in total. The highest BCUT2D eigenvalue weighted by Crippen LogP contribution is 2.37. The van der Waals surface area contributed by atoms with Crippen molar-refractivity contribution in [2.24, 2.45) is 5.92 Å². The molecule has 0 spiro atoms. The number of rotatable bonds is 4. The van der Waals surface area contributed by atoms with Gasteiger partial charge < -0.3 is 10.3 Å². The molecule has 1 atom stereocenters. The minimum atomic E-state index is 0.565. The standard InChI is InChI=1S/C17H23N3/c1-11(2)9-18-10-16-19-15-8-12(3)13-6-4-5-7-14(13)17(15)20-16/h4-7,11-12,18H,8-10H2,1-3H3,(H,19,20). The molecule has 1 unspecified atom stereocenters. The van der Waals surface area contributed by atoms with Crippen molar-refractivity contribution in [1.29, 1.82) is 0 Å². The first kappa shape index (κ1) is 13.4. The molecule has 1 aliphatic carbocycles. The summed E-state index contributed by atoms with van der Waals surface area (Å²) in [5.74, 6) is 2.29. The zero-order valence-electron chi connectivity index (χ0n) is 12.5. The molecule has 3 heteroatoms. The quantitative estimate of drug-likeness (QED) is 0.892. The second-order valence-corrected chi connectivity index (χ2v) is 6.23. The average Bonchev–Trinajstić information content (AvgIpc) is 2.81. The molecule has 106 valence electrons. The van der Waals surface area contributed by atoms with Crippen LogP contribution in [0.1, 0.15) is 43.8 Å². The number of aromatic nitrogens is 2. The molecule has 1 aromatic heterocycles. The molecule has 0 saturated heterocycles. The summed E-state index contributed by atoms with van der Waals surface area (Å²) in [5, 5.41) is 3.45. The van der Waals surface area contributed by atoms with E-state index in [4.69, 9.17) is 4.98 Å².